The number of benzene rings is 1. The molecule has 0 heterocycles. The topological polar surface area (TPSA) is 48.8 Å². The highest BCUT2D eigenvalue weighted by Gasteiger charge is 2.29. The molecule has 3 nitrogen and oxygen atoms in total. The second-order valence-electron chi connectivity index (χ2n) is 2.20. The summed E-state index contributed by atoms with van der Waals surface area (Å²) in [5.74, 6) is 0. The fourth-order valence-electron chi connectivity index (χ4n) is 0.799. The molecule has 0 fully saturated rings. The van der Waals surface area contributed by atoms with Crippen molar-refractivity contribution in [3.63, 3.8) is 0 Å². The first-order valence-corrected chi connectivity index (χ1v) is 4.24. The van der Waals surface area contributed by atoms with Crippen LogP contribution in [0.15, 0.2) is 34.3 Å². The highest BCUT2D eigenvalue weighted by atomic mass is 32.2. The van der Waals surface area contributed by atoms with Gasteiger partial charge in [0.1, 0.15) is 0 Å². The van der Waals surface area contributed by atoms with Crippen molar-refractivity contribution >= 4 is 17.4 Å². The van der Waals surface area contributed by atoms with Crippen molar-refractivity contribution in [3.8, 4) is 0 Å². The number of alkyl halides is 3. The SMILES string of the molecule is [N-]=[N+]=Nc1ccccc1SC(F)(F)F. The largest absolute Gasteiger partial charge is 0.446 e. The van der Waals surface area contributed by atoms with Crippen molar-refractivity contribution in [2.45, 2.75) is 10.4 Å². The van der Waals surface area contributed by atoms with E-state index in [2.05, 4.69) is 10.0 Å². The monoisotopic (exact) mass is 219 g/mol. The van der Waals surface area contributed by atoms with Gasteiger partial charge >= 0.3 is 5.51 Å². The lowest BCUT2D eigenvalue weighted by atomic mass is 10.3. The highest BCUT2D eigenvalue weighted by molar-refractivity contribution is 8.00. The number of thioether (sulfide) groups is 1. The summed E-state index contributed by atoms with van der Waals surface area (Å²) in [7, 11) is 0. The van der Waals surface area contributed by atoms with Crippen LogP contribution in [0.5, 0.6) is 0 Å². The van der Waals surface area contributed by atoms with Gasteiger partial charge in [0.15, 0.2) is 0 Å². The van der Waals surface area contributed by atoms with Crippen LogP contribution in [-0.4, -0.2) is 5.51 Å². The van der Waals surface area contributed by atoms with Crippen LogP contribution >= 0.6 is 11.8 Å². The molecule has 0 aliphatic rings. The summed E-state index contributed by atoms with van der Waals surface area (Å²) in [5.41, 5.74) is 3.72. The Hall–Kier alpha value is -1.33. The van der Waals surface area contributed by atoms with Crippen LogP contribution in [0.25, 0.3) is 10.4 Å². The van der Waals surface area contributed by atoms with Crippen LogP contribution in [0.3, 0.4) is 0 Å². The molecule has 0 amide bonds. The Morgan fingerprint density at radius 2 is 1.93 bits per heavy atom. The molecule has 1 aromatic rings. The smallest absolute Gasteiger partial charge is 0.160 e. The molecule has 0 aliphatic carbocycles. The normalized spacial score (nSPS) is 10.8. The Labute approximate surface area is 81.5 Å². The van der Waals surface area contributed by atoms with Crippen molar-refractivity contribution in [1.82, 2.24) is 0 Å². The lowest BCUT2D eigenvalue weighted by molar-refractivity contribution is -0.0327. The van der Waals surface area contributed by atoms with Crippen molar-refractivity contribution in [3.05, 3.63) is 34.7 Å². The number of hydrogen-bond acceptors (Lipinski definition) is 2. The van der Waals surface area contributed by atoms with Crippen molar-refractivity contribution < 1.29 is 13.2 Å². The van der Waals surface area contributed by atoms with Gasteiger partial charge in [-0.2, -0.15) is 13.2 Å². The molecule has 0 bridgehead atoms. The fourth-order valence-corrected chi connectivity index (χ4v) is 1.41. The third-order valence-electron chi connectivity index (χ3n) is 1.24. The maximum Gasteiger partial charge on any atom is 0.446 e. The van der Waals surface area contributed by atoms with Crippen LogP contribution in [0.4, 0.5) is 18.9 Å². The van der Waals surface area contributed by atoms with Crippen molar-refractivity contribution in [2.24, 2.45) is 5.11 Å². The van der Waals surface area contributed by atoms with E-state index in [1.807, 2.05) is 0 Å². The second-order valence-corrected chi connectivity index (χ2v) is 3.31. The van der Waals surface area contributed by atoms with Gasteiger partial charge in [-0.05, 0) is 23.4 Å². The van der Waals surface area contributed by atoms with E-state index in [1.165, 1.54) is 24.3 Å². The van der Waals surface area contributed by atoms with Crippen LogP contribution in [0, 0.1) is 0 Å². The van der Waals surface area contributed by atoms with Gasteiger partial charge in [-0.15, -0.1) is 0 Å². The first kappa shape index (κ1) is 10.7. The van der Waals surface area contributed by atoms with Crippen LogP contribution in [0.2, 0.25) is 0 Å². The van der Waals surface area contributed by atoms with E-state index in [0.29, 0.717) is 0 Å². The maximum atomic E-state index is 12.0. The summed E-state index contributed by atoms with van der Waals surface area (Å²) in [5, 5.41) is 3.15. The number of rotatable bonds is 2. The molecule has 1 rings (SSSR count). The third kappa shape index (κ3) is 3.20. The third-order valence-corrected chi connectivity index (χ3v) is 2.04. The van der Waals surface area contributed by atoms with Gasteiger partial charge in [-0.1, -0.05) is 23.3 Å². The average Bonchev–Trinajstić information content (AvgIpc) is 2.06. The lowest BCUT2D eigenvalue weighted by Crippen LogP contribution is -1.98. The molecular formula is C7H4F3N3S. The summed E-state index contributed by atoms with van der Waals surface area (Å²) < 4.78 is 36.0. The molecule has 0 N–H and O–H groups in total. The first-order valence-electron chi connectivity index (χ1n) is 3.43. The number of nitrogens with zero attached hydrogens (tertiary/aromatic N) is 3. The highest BCUT2D eigenvalue weighted by Crippen LogP contribution is 2.41. The number of azide groups is 1. The zero-order valence-electron chi connectivity index (χ0n) is 6.69. The van der Waals surface area contributed by atoms with Crippen LogP contribution < -0.4 is 0 Å². The van der Waals surface area contributed by atoms with E-state index in [4.69, 9.17) is 5.53 Å². The number of halogens is 3. The summed E-state index contributed by atoms with van der Waals surface area (Å²) in [6.07, 6.45) is 0. The minimum absolute atomic E-state index is 0.0164. The van der Waals surface area contributed by atoms with E-state index in [-0.39, 0.29) is 22.3 Å². The van der Waals surface area contributed by atoms with Gasteiger partial charge in [0.05, 0.1) is 5.69 Å². The summed E-state index contributed by atoms with van der Waals surface area (Å²) in [6, 6.07) is 5.53. The molecule has 7 heteroatoms. The quantitative estimate of drug-likeness (QED) is 0.317. The van der Waals surface area contributed by atoms with Gasteiger partial charge in [0.25, 0.3) is 0 Å². The molecule has 0 saturated carbocycles. The molecule has 0 aromatic heterocycles. The Bertz CT molecular complexity index is 371. The van der Waals surface area contributed by atoms with Gasteiger partial charge in [-0.3, -0.25) is 0 Å². The lowest BCUT2D eigenvalue weighted by Gasteiger charge is -2.06. The fraction of sp³-hybridized carbons (Fsp3) is 0.143. The Morgan fingerprint density at radius 1 is 1.29 bits per heavy atom. The van der Waals surface area contributed by atoms with Crippen LogP contribution in [-0.2, 0) is 0 Å². The molecule has 74 valence electrons. The molecular weight excluding hydrogens is 215 g/mol. The Morgan fingerprint density at radius 3 is 2.50 bits per heavy atom. The van der Waals surface area contributed by atoms with E-state index in [9.17, 15) is 13.2 Å². The van der Waals surface area contributed by atoms with E-state index < -0.39 is 5.51 Å². The standard InChI is InChI=1S/C7H4F3N3S/c8-7(9,10)14-6-4-2-1-3-5(6)12-13-11/h1-4H. The zero-order chi connectivity index (χ0) is 10.6. The molecule has 0 spiro atoms. The van der Waals surface area contributed by atoms with Crippen molar-refractivity contribution in [2.75, 3.05) is 0 Å². The van der Waals surface area contributed by atoms with E-state index in [1.54, 1.807) is 0 Å². The van der Waals surface area contributed by atoms with Crippen LogP contribution in [0.1, 0.15) is 0 Å². The Kier molecular flexibility index (Phi) is 3.27. The van der Waals surface area contributed by atoms with Gasteiger partial charge < -0.3 is 0 Å². The predicted octanol–water partition coefficient (Wildman–Crippen LogP) is 4.24. The minimum atomic E-state index is -4.37. The zero-order valence-corrected chi connectivity index (χ0v) is 7.51. The molecule has 0 unspecified atom stereocenters. The second kappa shape index (κ2) is 4.26. The first-order chi connectivity index (χ1) is 6.53. The van der Waals surface area contributed by atoms with Gasteiger partial charge in [-0.25, -0.2) is 0 Å². The molecule has 0 saturated heterocycles. The molecule has 14 heavy (non-hydrogen) atoms. The molecule has 0 radical (unpaired) electrons. The number of hydrogen-bond donors (Lipinski definition) is 0. The predicted molar refractivity (Wildman–Crippen MR) is 47.2 cm³/mol. The van der Waals surface area contributed by atoms with Gasteiger partial charge in [0.2, 0.25) is 0 Å². The molecule has 0 aliphatic heterocycles. The van der Waals surface area contributed by atoms with E-state index in [0.717, 1.165) is 0 Å². The average molecular weight is 219 g/mol. The summed E-state index contributed by atoms with van der Waals surface area (Å²) in [4.78, 5) is 2.34. The minimum Gasteiger partial charge on any atom is -0.160 e. The maximum absolute atomic E-state index is 12.0. The Balaban J connectivity index is 3.01. The van der Waals surface area contributed by atoms with Gasteiger partial charge in [0, 0.05) is 9.81 Å². The molecule has 0 atom stereocenters. The molecule has 1 aromatic carbocycles. The van der Waals surface area contributed by atoms with E-state index >= 15 is 0 Å². The van der Waals surface area contributed by atoms with Crippen molar-refractivity contribution in [1.29, 1.82) is 0 Å². The summed E-state index contributed by atoms with van der Waals surface area (Å²) in [6.45, 7) is 0. The summed E-state index contributed by atoms with van der Waals surface area (Å²) >= 11 is -0.298.